The van der Waals surface area contributed by atoms with Gasteiger partial charge in [0.15, 0.2) is 0 Å². The van der Waals surface area contributed by atoms with E-state index in [1.54, 1.807) is 0 Å². The first kappa shape index (κ1) is 28.1. The molecule has 0 heterocycles. The van der Waals surface area contributed by atoms with Crippen LogP contribution in [0, 0.1) is 0 Å². The standard InChI is InChI=1S/C23H52NO3Si/c1-7-13-16-24(17-14-8-2,18-15-9-3)19-23-28(25-20-10-4,26-21-11-5)27-22-12-6/h7-23H2,1-6H3/q+1. The van der Waals surface area contributed by atoms with Gasteiger partial charge in [-0.15, -0.1) is 0 Å². The van der Waals surface area contributed by atoms with E-state index in [0.717, 1.165) is 51.7 Å². The van der Waals surface area contributed by atoms with Crippen LogP contribution in [0.15, 0.2) is 0 Å². The maximum absolute atomic E-state index is 6.38. The maximum Gasteiger partial charge on any atom is 0.506 e. The summed E-state index contributed by atoms with van der Waals surface area (Å²) in [6, 6.07) is 0.962. The second-order valence-corrected chi connectivity index (χ2v) is 11.0. The molecule has 0 unspecified atom stereocenters. The van der Waals surface area contributed by atoms with Crippen molar-refractivity contribution in [1.82, 2.24) is 0 Å². The first-order valence-corrected chi connectivity index (χ1v) is 14.3. The average molecular weight is 419 g/mol. The second-order valence-electron chi connectivity index (χ2n) is 8.28. The lowest BCUT2D eigenvalue weighted by atomic mass is 10.1. The van der Waals surface area contributed by atoms with E-state index in [4.69, 9.17) is 13.3 Å². The zero-order valence-electron chi connectivity index (χ0n) is 20.2. The molecule has 0 fully saturated rings. The Hall–Kier alpha value is 0.0569. The Kier molecular flexibility index (Phi) is 17.9. The van der Waals surface area contributed by atoms with Crippen LogP contribution in [-0.2, 0) is 13.3 Å². The van der Waals surface area contributed by atoms with Crippen LogP contribution in [0.1, 0.15) is 99.3 Å². The van der Waals surface area contributed by atoms with E-state index in [1.807, 2.05) is 0 Å². The molecule has 0 N–H and O–H groups in total. The molecule has 4 nitrogen and oxygen atoms in total. The van der Waals surface area contributed by atoms with Crippen molar-refractivity contribution in [3.8, 4) is 0 Å². The molecule has 28 heavy (non-hydrogen) atoms. The summed E-state index contributed by atoms with van der Waals surface area (Å²) in [5.74, 6) is 0. The third-order valence-electron chi connectivity index (χ3n) is 5.43. The predicted octanol–water partition coefficient (Wildman–Crippen LogP) is 6.42. The first-order chi connectivity index (χ1) is 13.6. The minimum Gasteiger partial charge on any atom is -0.373 e. The second kappa shape index (κ2) is 17.9. The SMILES string of the molecule is CCCC[N+](CCCC)(CCCC)CC[Si](OCCC)(OCCC)OCCC. The Morgan fingerprint density at radius 1 is 0.500 bits per heavy atom. The predicted molar refractivity (Wildman–Crippen MR) is 124 cm³/mol. The monoisotopic (exact) mass is 418 g/mol. The largest absolute Gasteiger partial charge is 0.506 e. The quantitative estimate of drug-likeness (QED) is 0.159. The molecule has 0 aliphatic rings. The lowest BCUT2D eigenvalue weighted by Crippen LogP contribution is -2.55. The molecule has 0 rings (SSSR count). The highest BCUT2D eigenvalue weighted by molar-refractivity contribution is 6.60. The summed E-state index contributed by atoms with van der Waals surface area (Å²) in [4.78, 5) is 0. The Morgan fingerprint density at radius 2 is 0.857 bits per heavy atom. The van der Waals surface area contributed by atoms with E-state index in [1.165, 1.54) is 62.6 Å². The van der Waals surface area contributed by atoms with Crippen molar-refractivity contribution in [2.75, 3.05) is 46.0 Å². The van der Waals surface area contributed by atoms with E-state index in [-0.39, 0.29) is 0 Å². The van der Waals surface area contributed by atoms with Gasteiger partial charge in [0.1, 0.15) is 0 Å². The topological polar surface area (TPSA) is 27.7 Å². The lowest BCUT2D eigenvalue weighted by molar-refractivity contribution is -0.927. The number of rotatable bonds is 21. The van der Waals surface area contributed by atoms with Gasteiger partial charge in [-0.2, -0.15) is 0 Å². The molecule has 0 aromatic heterocycles. The Labute approximate surface area is 178 Å². The fourth-order valence-corrected chi connectivity index (χ4v) is 6.62. The number of hydrogen-bond donors (Lipinski definition) is 0. The molecule has 0 radical (unpaired) electrons. The van der Waals surface area contributed by atoms with E-state index in [0.29, 0.717) is 0 Å². The Morgan fingerprint density at radius 3 is 1.14 bits per heavy atom. The van der Waals surface area contributed by atoms with Gasteiger partial charge >= 0.3 is 8.80 Å². The summed E-state index contributed by atoms with van der Waals surface area (Å²) in [5, 5.41) is 0. The zero-order chi connectivity index (χ0) is 21.1. The van der Waals surface area contributed by atoms with Crippen molar-refractivity contribution in [2.45, 2.75) is 105 Å². The van der Waals surface area contributed by atoms with Crippen molar-refractivity contribution >= 4 is 8.80 Å². The molecule has 0 atom stereocenters. The van der Waals surface area contributed by atoms with Crippen LogP contribution < -0.4 is 0 Å². The number of nitrogens with zero attached hydrogens (tertiary/aromatic N) is 1. The van der Waals surface area contributed by atoms with E-state index in [9.17, 15) is 0 Å². The van der Waals surface area contributed by atoms with Crippen molar-refractivity contribution in [3.05, 3.63) is 0 Å². The molecular weight excluding hydrogens is 366 g/mol. The molecule has 0 bridgehead atoms. The summed E-state index contributed by atoms with van der Waals surface area (Å²) < 4.78 is 20.4. The van der Waals surface area contributed by atoms with Gasteiger partial charge in [-0.3, -0.25) is 0 Å². The number of hydrogen-bond acceptors (Lipinski definition) is 3. The van der Waals surface area contributed by atoms with Gasteiger partial charge in [-0.05, 0) is 38.5 Å². The summed E-state index contributed by atoms with van der Waals surface area (Å²) in [5.41, 5.74) is 0. The van der Waals surface area contributed by atoms with Gasteiger partial charge in [0.2, 0.25) is 0 Å². The maximum atomic E-state index is 6.38. The van der Waals surface area contributed by atoms with Crippen molar-refractivity contribution in [1.29, 1.82) is 0 Å². The van der Waals surface area contributed by atoms with Crippen LogP contribution in [0.25, 0.3) is 0 Å². The highest BCUT2D eigenvalue weighted by atomic mass is 28.4. The summed E-state index contributed by atoms with van der Waals surface area (Å²) in [7, 11) is -2.60. The van der Waals surface area contributed by atoms with Crippen molar-refractivity contribution in [3.63, 3.8) is 0 Å². The molecule has 0 amide bonds. The molecule has 170 valence electrons. The summed E-state index contributed by atoms with van der Waals surface area (Å²) in [6.45, 7) is 20.7. The smallest absolute Gasteiger partial charge is 0.373 e. The molecule has 0 spiro atoms. The third-order valence-corrected chi connectivity index (χ3v) is 8.20. The third kappa shape index (κ3) is 11.9. The minimum atomic E-state index is -2.60. The van der Waals surface area contributed by atoms with Gasteiger partial charge in [0.25, 0.3) is 0 Å². The van der Waals surface area contributed by atoms with Crippen molar-refractivity contribution < 1.29 is 17.8 Å². The first-order valence-electron chi connectivity index (χ1n) is 12.3. The number of unbranched alkanes of at least 4 members (excludes halogenated alkanes) is 3. The van der Waals surface area contributed by atoms with Gasteiger partial charge in [-0.1, -0.05) is 60.8 Å². The zero-order valence-corrected chi connectivity index (χ0v) is 21.2. The normalized spacial score (nSPS) is 12.6. The molecule has 0 aliphatic heterocycles. The van der Waals surface area contributed by atoms with Crippen LogP contribution in [0.2, 0.25) is 6.04 Å². The molecule has 0 saturated carbocycles. The van der Waals surface area contributed by atoms with E-state index >= 15 is 0 Å². The summed E-state index contributed by atoms with van der Waals surface area (Å²) in [6.07, 6.45) is 10.8. The van der Waals surface area contributed by atoms with Crippen LogP contribution in [0.5, 0.6) is 0 Å². The molecule has 0 aromatic rings. The molecular formula is C23H52NO3Si+. The fraction of sp³-hybridized carbons (Fsp3) is 1.00. The highest BCUT2D eigenvalue weighted by Gasteiger charge is 2.44. The molecule has 0 aliphatic carbocycles. The Bertz CT molecular complexity index is 266. The molecule has 0 aromatic carbocycles. The highest BCUT2D eigenvalue weighted by Crippen LogP contribution is 2.23. The number of quaternary nitrogens is 1. The van der Waals surface area contributed by atoms with Crippen molar-refractivity contribution in [2.24, 2.45) is 0 Å². The van der Waals surface area contributed by atoms with Gasteiger partial charge < -0.3 is 17.8 Å². The average Bonchev–Trinajstić information content (AvgIpc) is 2.73. The van der Waals surface area contributed by atoms with Crippen LogP contribution in [0.4, 0.5) is 0 Å². The fourth-order valence-electron chi connectivity index (χ4n) is 3.64. The lowest BCUT2D eigenvalue weighted by Gasteiger charge is -2.41. The molecule has 5 heteroatoms. The van der Waals surface area contributed by atoms with Gasteiger partial charge in [-0.25, -0.2) is 0 Å². The van der Waals surface area contributed by atoms with Gasteiger partial charge in [0, 0.05) is 19.8 Å². The van der Waals surface area contributed by atoms with E-state index < -0.39 is 8.80 Å². The minimum absolute atomic E-state index is 0.749. The summed E-state index contributed by atoms with van der Waals surface area (Å²) >= 11 is 0. The van der Waals surface area contributed by atoms with Crippen LogP contribution in [-0.4, -0.2) is 59.3 Å². The molecule has 0 saturated heterocycles. The van der Waals surface area contributed by atoms with Crippen LogP contribution >= 0.6 is 0 Å². The van der Waals surface area contributed by atoms with Crippen LogP contribution in [0.3, 0.4) is 0 Å². The van der Waals surface area contributed by atoms with E-state index in [2.05, 4.69) is 41.5 Å². The Balaban J connectivity index is 5.42. The van der Waals surface area contributed by atoms with Gasteiger partial charge in [0.05, 0.1) is 32.2 Å².